The average Bonchev–Trinajstić information content (AvgIpc) is 2.92. The first-order chi connectivity index (χ1) is 8.28. The lowest BCUT2D eigenvalue weighted by Gasteiger charge is -2.34. The molecule has 92 valence electrons. The molecule has 2 heterocycles. The largest absolute Gasteiger partial charge is 0.329 e. The lowest BCUT2D eigenvalue weighted by Crippen LogP contribution is -2.39. The van der Waals surface area contributed by atoms with Crippen LogP contribution in [0.15, 0.2) is 22.9 Å². The molecule has 2 fully saturated rings. The highest BCUT2D eigenvalue weighted by atomic mass is 79.9. The van der Waals surface area contributed by atoms with Crippen LogP contribution < -0.4 is 5.73 Å². The molecule has 17 heavy (non-hydrogen) atoms. The van der Waals surface area contributed by atoms with Crippen molar-refractivity contribution in [3.05, 3.63) is 28.5 Å². The third-order valence-corrected chi connectivity index (χ3v) is 4.62. The number of fused-ring (bicyclic) bond motifs is 2. The van der Waals surface area contributed by atoms with Crippen molar-refractivity contribution in [2.45, 2.75) is 31.3 Å². The lowest BCUT2D eigenvalue weighted by atomic mass is 10.0. The van der Waals surface area contributed by atoms with Crippen molar-refractivity contribution in [1.82, 2.24) is 9.88 Å². The van der Waals surface area contributed by atoms with Crippen LogP contribution in [-0.2, 0) is 0 Å². The second-order valence-electron chi connectivity index (χ2n) is 5.22. The molecule has 1 aliphatic heterocycles. The number of nitrogens with zero attached hydrogens (tertiary/aromatic N) is 2. The Labute approximate surface area is 111 Å². The van der Waals surface area contributed by atoms with Crippen molar-refractivity contribution < 1.29 is 0 Å². The number of piperidine rings is 1. The molecule has 2 aliphatic rings. The van der Waals surface area contributed by atoms with E-state index in [1.54, 1.807) is 0 Å². The second kappa shape index (κ2) is 4.67. The lowest BCUT2D eigenvalue weighted by molar-refractivity contribution is 0.153. The SMILES string of the molecule is NCC(c1cncc(Br)c1)N1CC2CCC1C2. The maximum atomic E-state index is 5.98. The summed E-state index contributed by atoms with van der Waals surface area (Å²) in [6.07, 6.45) is 7.91. The minimum absolute atomic E-state index is 0.343. The average molecular weight is 296 g/mol. The fourth-order valence-corrected chi connectivity index (χ4v) is 3.80. The summed E-state index contributed by atoms with van der Waals surface area (Å²) in [4.78, 5) is 6.85. The molecule has 3 nitrogen and oxygen atoms in total. The van der Waals surface area contributed by atoms with Gasteiger partial charge < -0.3 is 5.73 Å². The van der Waals surface area contributed by atoms with Gasteiger partial charge >= 0.3 is 0 Å². The third-order valence-electron chi connectivity index (χ3n) is 4.19. The summed E-state index contributed by atoms with van der Waals surface area (Å²) in [5, 5.41) is 0. The first-order valence-corrected chi connectivity index (χ1v) is 7.13. The molecule has 2 bridgehead atoms. The van der Waals surface area contributed by atoms with Crippen molar-refractivity contribution in [2.75, 3.05) is 13.1 Å². The smallest absolute Gasteiger partial charge is 0.0489 e. The van der Waals surface area contributed by atoms with Crippen LogP contribution in [0.25, 0.3) is 0 Å². The number of halogens is 1. The quantitative estimate of drug-likeness (QED) is 0.931. The summed E-state index contributed by atoms with van der Waals surface area (Å²) in [6, 6.07) is 3.25. The summed E-state index contributed by atoms with van der Waals surface area (Å²) >= 11 is 3.49. The second-order valence-corrected chi connectivity index (χ2v) is 6.13. The Balaban J connectivity index is 1.84. The molecule has 0 spiro atoms. The topological polar surface area (TPSA) is 42.1 Å². The summed E-state index contributed by atoms with van der Waals surface area (Å²) in [5.41, 5.74) is 7.23. The van der Waals surface area contributed by atoms with E-state index in [4.69, 9.17) is 5.73 Å². The minimum Gasteiger partial charge on any atom is -0.329 e. The summed E-state index contributed by atoms with van der Waals surface area (Å²) in [6.45, 7) is 1.90. The van der Waals surface area contributed by atoms with E-state index in [2.05, 4.69) is 31.9 Å². The number of hydrogen-bond acceptors (Lipinski definition) is 3. The Hall–Kier alpha value is -0.450. The molecular formula is C13H18BrN3. The van der Waals surface area contributed by atoms with Gasteiger partial charge in [-0.3, -0.25) is 9.88 Å². The number of pyridine rings is 1. The van der Waals surface area contributed by atoms with E-state index in [1.165, 1.54) is 31.4 Å². The van der Waals surface area contributed by atoms with Gasteiger partial charge in [0.25, 0.3) is 0 Å². The Bertz CT molecular complexity index is 409. The Morgan fingerprint density at radius 3 is 2.94 bits per heavy atom. The van der Waals surface area contributed by atoms with Crippen LogP contribution >= 0.6 is 15.9 Å². The van der Waals surface area contributed by atoms with E-state index < -0.39 is 0 Å². The predicted molar refractivity (Wildman–Crippen MR) is 71.6 cm³/mol. The number of rotatable bonds is 3. The highest BCUT2D eigenvalue weighted by molar-refractivity contribution is 9.10. The maximum Gasteiger partial charge on any atom is 0.0489 e. The van der Waals surface area contributed by atoms with Gasteiger partial charge in [-0.25, -0.2) is 0 Å². The fraction of sp³-hybridized carbons (Fsp3) is 0.615. The molecule has 0 radical (unpaired) electrons. The van der Waals surface area contributed by atoms with Crippen molar-refractivity contribution in [2.24, 2.45) is 11.7 Å². The molecule has 1 aromatic heterocycles. The molecule has 1 aromatic rings. The maximum absolute atomic E-state index is 5.98. The van der Waals surface area contributed by atoms with Gasteiger partial charge in [0.1, 0.15) is 0 Å². The molecular weight excluding hydrogens is 278 g/mol. The van der Waals surface area contributed by atoms with Crippen molar-refractivity contribution >= 4 is 15.9 Å². The molecule has 0 amide bonds. The van der Waals surface area contributed by atoms with Gasteiger partial charge in [0.15, 0.2) is 0 Å². The van der Waals surface area contributed by atoms with Crippen molar-refractivity contribution in [3.63, 3.8) is 0 Å². The van der Waals surface area contributed by atoms with E-state index in [1.807, 2.05) is 12.4 Å². The first-order valence-electron chi connectivity index (χ1n) is 6.34. The standard InChI is InChI=1S/C13H18BrN3/c14-11-4-10(6-16-7-11)13(5-15)17-8-9-1-2-12(17)3-9/h4,6-7,9,12-13H,1-3,5,8,15H2. The molecule has 3 unspecified atom stereocenters. The van der Waals surface area contributed by atoms with Crippen LogP contribution in [0.4, 0.5) is 0 Å². The van der Waals surface area contributed by atoms with Gasteiger partial charge in [-0.15, -0.1) is 0 Å². The van der Waals surface area contributed by atoms with Crippen LogP contribution in [0, 0.1) is 5.92 Å². The van der Waals surface area contributed by atoms with Gasteiger partial charge in [-0.05, 0) is 52.7 Å². The van der Waals surface area contributed by atoms with E-state index in [0.717, 1.165) is 16.4 Å². The number of nitrogens with two attached hydrogens (primary N) is 1. The molecule has 1 saturated carbocycles. The van der Waals surface area contributed by atoms with Gasteiger partial charge in [-0.1, -0.05) is 0 Å². The fourth-order valence-electron chi connectivity index (χ4n) is 3.42. The van der Waals surface area contributed by atoms with Crippen LogP contribution in [-0.4, -0.2) is 29.0 Å². The number of likely N-dealkylation sites (tertiary alicyclic amines) is 1. The summed E-state index contributed by atoms with van der Waals surface area (Å²) in [7, 11) is 0. The van der Waals surface area contributed by atoms with Crippen molar-refractivity contribution in [3.8, 4) is 0 Å². The predicted octanol–water partition coefficient (Wildman–Crippen LogP) is 2.33. The van der Waals surface area contributed by atoms with Crippen LogP contribution in [0.3, 0.4) is 0 Å². The van der Waals surface area contributed by atoms with E-state index >= 15 is 0 Å². The van der Waals surface area contributed by atoms with Gasteiger partial charge in [-0.2, -0.15) is 0 Å². The molecule has 1 aliphatic carbocycles. The Morgan fingerprint density at radius 1 is 1.47 bits per heavy atom. The van der Waals surface area contributed by atoms with Gasteiger partial charge in [0.2, 0.25) is 0 Å². The van der Waals surface area contributed by atoms with Gasteiger partial charge in [0, 0.05) is 42.0 Å². The van der Waals surface area contributed by atoms with E-state index in [9.17, 15) is 0 Å². The van der Waals surface area contributed by atoms with Crippen LogP contribution in [0.1, 0.15) is 30.9 Å². The molecule has 4 heteroatoms. The zero-order chi connectivity index (χ0) is 11.8. The van der Waals surface area contributed by atoms with Crippen LogP contribution in [0.2, 0.25) is 0 Å². The summed E-state index contributed by atoms with van der Waals surface area (Å²) < 4.78 is 1.04. The van der Waals surface area contributed by atoms with Gasteiger partial charge in [0.05, 0.1) is 0 Å². The van der Waals surface area contributed by atoms with Crippen LogP contribution in [0.5, 0.6) is 0 Å². The highest BCUT2D eigenvalue weighted by Gasteiger charge is 2.40. The Morgan fingerprint density at radius 2 is 2.35 bits per heavy atom. The van der Waals surface area contributed by atoms with E-state index in [-0.39, 0.29) is 0 Å². The molecule has 0 aromatic carbocycles. The Kier molecular flexibility index (Phi) is 3.19. The minimum atomic E-state index is 0.343. The van der Waals surface area contributed by atoms with Crippen molar-refractivity contribution in [1.29, 1.82) is 0 Å². The number of aromatic nitrogens is 1. The highest BCUT2D eigenvalue weighted by Crippen LogP contribution is 2.41. The molecule has 3 rings (SSSR count). The molecule has 2 N–H and O–H groups in total. The zero-order valence-corrected chi connectivity index (χ0v) is 11.4. The third kappa shape index (κ3) is 2.14. The zero-order valence-electron chi connectivity index (χ0n) is 9.85. The molecule has 3 atom stereocenters. The normalized spacial score (nSPS) is 29.8. The monoisotopic (exact) mass is 295 g/mol. The summed E-state index contributed by atoms with van der Waals surface area (Å²) in [5.74, 6) is 0.911. The number of hydrogen-bond donors (Lipinski definition) is 1. The molecule has 1 saturated heterocycles. The first kappa shape index (κ1) is 11.6. The van der Waals surface area contributed by atoms with E-state index in [0.29, 0.717) is 12.6 Å².